The Balaban J connectivity index is 1.47. The zero-order valence-corrected chi connectivity index (χ0v) is 15.6. The highest BCUT2D eigenvalue weighted by Gasteiger charge is 2.05. The molecule has 2 aromatic heterocycles. The maximum atomic E-state index is 13.2. The number of hydrogen-bond donors (Lipinski definition) is 0. The molecule has 0 fully saturated rings. The summed E-state index contributed by atoms with van der Waals surface area (Å²) in [6.45, 7) is 0. The van der Waals surface area contributed by atoms with Gasteiger partial charge in [-0.1, -0.05) is 48.5 Å². The third kappa shape index (κ3) is 3.50. The Morgan fingerprint density at radius 2 is 1.07 bits per heavy atom. The topological polar surface area (TPSA) is 25.8 Å². The molecule has 0 aliphatic rings. The van der Waals surface area contributed by atoms with Crippen molar-refractivity contribution in [2.75, 3.05) is 0 Å². The van der Waals surface area contributed by atoms with Crippen LogP contribution in [0.3, 0.4) is 0 Å². The van der Waals surface area contributed by atoms with Crippen LogP contribution in [0.2, 0.25) is 0 Å². The number of fused-ring (bicyclic) bond motifs is 1. The fourth-order valence-electron chi connectivity index (χ4n) is 3.50. The van der Waals surface area contributed by atoms with Crippen molar-refractivity contribution in [3.8, 4) is 33.4 Å². The molecule has 2 nitrogen and oxygen atoms in total. The lowest BCUT2D eigenvalue weighted by Gasteiger charge is -2.07. The molecular formula is C26H17FN2. The van der Waals surface area contributed by atoms with Gasteiger partial charge in [-0.3, -0.25) is 9.97 Å². The highest BCUT2D eigenvalue weighted by Crippen LogP contribution is 2.28. The van der Waals surface area contributed by atoms with Crippen molar-refractivity contribution in [1.82, 2.24) is 9.97 Å². The number of pyridine rings is 2. The molecule has 3 heteroatoms. The third-order valence-corrected chi connectivity index (χ3v) is 5.09. The Bertz CT molecular complexity index is 1280. The summed E-state index contributed by atoms with van der Waals surface area (Å²) in [7, 11) is 0. The van der Waals surface area contributed by atoms with Crippen molar-refractivity contribution in [3.05, 3.63) is 109 Å². The molecule has 0 spiro atoms. The number of rotatable bonds is 3. The summed E-state index contributed by atoms with van der Waals surface area (Å²) < 4.78 is 13.2. The molecule has 2 heterocycles. The maximum Gasteiger partial charge on any atom is 0.123 e. The first kappa shape index (κ1) is 17.3. The van der Waals surface area contributed by atoms with E-state index in [9.17, 15) is 4.39 Å². The second-order valence-electron chi connectivity index (χ2n) is 6.95. The lowest BCUT2D eigenvalue weighted by Crippen LogP contribution is -1.86. The second-order valence-corrected chi connectivity index (χ2v) is 6.95. The third-order valence-electron chi connectivity index (χ3n) is 5.09. The lowest BCUT2D eigenvalue weighted by atomic mass is 9.99. The van der Waals surface area contributed by atoms with E-state index in [0.717, 1.165) is 44.3 Å². The van der Waals surface area contributed by atoms with Crippen LogP contribution in [0, 0.1) is 5.82 Å². The molecule has 0 N–H and O–H groups in total. The van der Waals surface area contributed by atoms with Crippen LogP contribution in [0.25, 0.3) is 44.3 Å². The van der Waals surface area contributed by atoms with E-state index in [2.05, 4.69) is 46.4 Å². The highest BCUT2D eigenvalue weighted by molar-refractivity contribution is 5.87. The summed E-state index contributed by atoms with van der Waals surface area (Å²) in [6, 6.07) is 27.3. The molecule has 0 amide bonds. The Kier molecular flexibility index (Phi) is 4.34. The van der Waals surface area contributed by atoms with Crippen LogP contribution >= 0.6 is 0 Å². The van der Waals surface area contributed by atoms with Gasteiger partial charge in [-0.2, -0.15) is 0 Å². The van der Waals surface area contributed by atoms with Crippen molar-refractivity contribution in [3.63, 3.8) is 0 Å². The lowest BCUT2D eigenvalue weighted by molar-refractivity contribution is 0.628. The van der Waals surface area contributed by atoms with Crippen LogP contribution in [-0.2, 0) is 0 Å². The van der Waals surface area contributed by atoms with Gasteiger partial charge in [-0.15, -0.1) is 0 Å². The molecule has 138 valence electrons. The molecule has 5 rings (SSSR count). The van der Waals surface area contributed by atoms with E-state index in [0.29, 0.717) is 0 Å². The van der Waals surface area contributed by atoms with E-state index >= 15 is 0 Å². The molecular weight excluding hydrogens is 359 g/mol. The normalized spacial score (nSPS) is 10.9. The number of benzene rings is 3. The maximum absolute atomic E-state index is 13.2. The Morgan fingerprint density at radius 1 is 0.517 bits per heavy atom. The summed E-state index contributed by atoms with van der Waals surface area (Å²) in [5.41, 5.74) is 7.44. The Hall–Kier alpha value is -3.85. The van der Waals surface area contributed by atoms with Crippen molar-refractivity contribution in [2.24, 2.45) is 0 Å². The van der Waals surface area contributed by atoms with Gasteiger partial charge in [0.05, 0.1) is 5.52 Å². The van der Waals surface area contributed by atoms with Gasteiger partial charge >= 0.3 is 0 Å². The monoisotopic (exact) mass is 376 g/mol. The average Bonchev–Trinajstić information content (AvgIpc) is 2.80. The molecule has 0 saturated carbocycles. The van der Waals surface area contributed by atoms with E-state index in [1.165, 1.54) is 12.1 Å². The van der Waals surface area contributed by atoms with Gasteiger partial charge in [0, 0.05) is 29.5 Å². The first-order valence-corrected chi connectivity index (χ1v) is 9.43. The first-order valence-electron chi connectivity index (χ1n) is 9.43. The summed E-state index contributed by atoms with van der Waals surface area (Å²) in [5, 5.41) is 1.08. The standard InChI is InChI=1S/C26H17FN2/c27-25-9-7-19(8-10-25)22-5-6-23-15-24(17-29-26(23)16-22)20-3-1-18(2-4-20)21-11-13-28-14-12-21/h1-17H. The SMILES string of the molecule is Fc1ccc(-c2ccc3cc(-c4ccc(-c5ccncc5)cc4)cnc3c2)cc1. The van der Waals surface area contributed by atoms with Crippen LogP contribution in [0.4, 0.5) is 4.39 Å². The van der Waals surface area contributed by atoms with Crippen molar-refractivity contribution in [1.29, 1.82) is 0 Å². The number of nitrogens with zero attached hydrogens (tertiary/aromatic N) is 2. The van der Waals surface area contributed by atoms with Gasteiger partial charge in [-0.25, -0.2) is 4.39 Å². The molecule has 29 heavy (non-hydrogen) atoms. The number of hydrogen-bond acceptors (Lipinski definition) is 2. The second kappa shape index (κ2) is 7.28. The average molecular weight is 376 g/mol. The fourth-order valence-corrected chi connectivity index (χ4v) is 3.50. The molecule has 0 radical (unpaired) electrons. The van der Waals surface area contributed by atoms with Crippen LogP contribution in [-0.4, -0.2) is 9.97 Å². The van der Waals surface area contributed by atoms with E-state index in [1.807, 2.05) is 30.5 Å². The number of halogens is 1. The van der Waals surface area contributed by atoms with Gasteiger partial charge in [0.15, 0.2) is 0 Å². The molecule has 0 bridgehead atoms. The summed E-state index contributed by atoms with van der Waals surface area (Å²) >= 11 is 0. The zero-order chi connectivity index (χ0) is 19.6. The Morgan fingerprint density at radius 3 is 1.79 bits per heavy atom. The van der Waals surface area contributed by atoms with Crippen molar-refractivity contribution in [2.45, 2.75) is 0 Å². The van der Waals surface area contributed by atoms with Crippen LogP contribution < -0.4 is 0 Å². The minimum atomic E-state index is -0.229. The van der Waals surface area contributed by atoms with Gasteiger partial charge in [0.1, 0.15) is 5.82 Å². The first-order chi connectivity index (χ1) is 14.3. The van der Waals surface area contributed by atoms with Gasteiger partial charge in [0.25, 0.3) is 0 Å². The molecule has 3 aromatic carbocycles. The van der Waals surface area contributed by atoms with Gasteiger partial charge in [0.2, 0.25) is 0 Å². The van der Waals surface area contributed by atoms with Crippen LogP contribution in [0.15, 0.2) is 104 Å². The van der Waals surface area contributed by atoms with Gasteiger partial charge in [-0.05, 0) is 64.2 Å². The smallest absolute Gasteiger partial charge is 0.123 e. The fraction of sp³-hybridized carbons (Fsp3) is 0. The number of aromatic nitrogens is 2. The molecule has 5 aromatic rings. The molecule has 0 saturated heterocycles. The zero-order valence-electron chi connectivity index (χ0n) is 15.6. The minimum Gasteiger partial charge on any atom is -0.265 e. The predicted octanol–water partition coefficient (Wildman–Crippen LogP) is 6.77. The summed E-state index contributed by atoms with van der Waals surface area (Å²) in [4.78, 5) is 8.73. The molecule has 0 atom stereocenters. The Labute approximate surface area is 168 Å². The molecule has 0 aliphatic carbocycles. The van der Waals surface area contributed by atoms with Crippen molar-refractivity contribution >= 4 is 10.9 Å². The quantitative estimate of drug-likeness (QED) is 0.347. The van der Waals surface area contributed by atoms with Crippen LogP contribution in [0.1, 0.15) is 0 Å². The predicted molar refractivity (Wildman–Crippen MR) is 116 cm³/mol. The van der Waals surface area contributed by atoms with E-state index in [4.69, 9.17) is 0 Å². The van der Waals surface area contributed by atoms with Gasteiger partial charge < -0.3 is 0 Å². The van der Waals surface area contributed by atoms with E-state index in [1.54, 1.807) is 24.5 Å². The molecule has 0 aliphatic heterocycles. The largest absolute Gasteiger partial charge is 0.265 e. The van der Waals surface area contributed by atoms with Crippen LogP contribution in [0.5, 0.6) is 0 Å². The molecule has 0 unspecified atom stereocenters. The van der Waals surface area contributed by atoms with E-state index < -0.39 is 0 Å². The summed E-state index contributed by atoms with van der Waals surface area (Å²) in [6.07, 6.45) is 5.51. The minimum absolute atomic E-state index is 0.229. The van der Waals surface area contributed by atoms with E-state index in [-0.39, 0.29) is 5.82 Å². The summed E-state index contributed by atoms with van der Waals surface area (Å²) in [5.74, 6) is -0.229. The highest BCUT2D eigenvalue weighted by atomic mass is 19.1. The van der Waals surface area contributed by atoms with Crippen molar-refractivity contribution < 1.29 is 4.39 Å².